The molecule has 10 atom stereocenters. The Hall–Kier alpha value is -5.35. The maximum Gasteiger partial charge on any atom is 0.407 e. The summed E-state index contributed by atoms with van der Waals surface area (Å²) in [6.45, 7) is 8.96. The second-order valence-electron chi connectivity index (χ2n) is 17.4. The van der Waals surface area contributed by atoms with Crippen molar-refractivity contribution in [3.63, 3.8) is 0 Å². The number of alkyl carbamates (subject to hydrolysis) is 1. The zero-order valence-corrected chi connectivity index (χ0v) is 39.0. The number of carbonyl (C=O) groups is 9. The van der Waals surface area contributed by atoms with Crippen molar-refractivity contribution in [1.82, 2.24) is 26.6 Å². The standard InChI is InChI=1S/C45H72N6O15/c1-8-26(6)38(36(57)19-32(27(7)54)42(61)48-20-31(55)17-30(21-52)41(60)50-34(22-53)44(63)64)51-40(59)29(14-15-47-45(65)66-23-28-12-10-9-11-13-28)18-35(56)33(16-24(2)3)49-43(62)37(46)39(58)25(4)5/h9-13,24-27,29-30,32-34,37-39,52-54,58H,8,14-23,46H2,1-7H3,(H,47,65)(H,48,61)(H,49,62)(H,50,60)(H,51,59)(H,63,64)/t26-,27-,29-,30-,32-,33-,34-,37?,38-,39+/m0/s1. The fraction of sp³-hybridized carbons (Fsp3) is 0.667. The van der Waals surface area contributed by atoms with Crippen LogP contribution in [-0.2, 0) is 49.7 Å². The van der Waals surface area contributed by atoms with E-state index < -0.39 is 152 Å². The monoisotopic (exact) mass is 937 g/mol. The van der Waals surface area contributed by atoms with E-state index in [1.165, 1.54) is 6.92 Å². The van der Waals surface area contributed by atoms with E-state index >= 15 is 0 Å². The number of nitrogens with one attached hydrogen (secondary N) is 5. The molecular weight excluding hydrogens is 865 g/mol. The molecule has 0 bridgehead atoms. The first-order valence-electron chi connectivity index (χ1n) is 22.2. The number of aliphatic hydroxyl groups is 4. The highest BCUT2D eigenvalue weighted by atomic mass is 16.5. The number of hydrogen-bond donors (Lipinski definition) is 11. The molecule has 0 fully saturated rings. The molecule has 0 aliphatic heterocycles. The van der Waals surface area contributed by atoms with E-state index in [2.05, 4.69) is 21.3 Å². The van der Waals surface area contributed by atoms with E-state index in [1.807, 2.05) is 19.2 Å². The summed E-state index contributed by atoms with van der Waals surface area (Å²) in [6.07, 6.45) is -4.76. The Morgan fingerprint density at radius 2 is 1.32 bits per heavy atom. The van der Waals surface area contributed by atoms with Crippen LogP contribution in [0.5, 0.6) is 0 Å². The Morgan fingerprint density at radius 3 is 1.85 bits per heavy atom. The van der Waals surface area contributed by atoms with Crippen molar-refractivity contribution < 1.29 is 73.4 Å². The summed E-state index contributed by atoms with van der Waals surface area (Å²) in [4.78, 5) is 117. The highest BCUT2D eigenvalue weighted by Gasteiger charge is 2.36. The van der Waals surface area contributed by atoms with E-state index in [4.69, 9.17) is 15.6 Å². The number of Topliss-reactive ketones (excluding diaryl/α,β-unsaturated/α-hetero) is 3. The van der Waals surface area contributed by atoms with E-state index in [9.17, 15) is 63.6 Å². The lowest BCUT2D eigenvalue weighted by atomic mass is 9.86. The molecule has 0 aliphatic rings. The van der Waals surface area contributed by atoms with Gasteiger partial charge in [-0.3, -0.25) is 33.6 Å². The van der Waals surface area contributed by atoms with Crippen LogP contribution in [0, 0.1) is 35.5 Å². The molecule has 1 aromatic carbocycles. The number of amides is 5. The lowest BCUT2D eigenvalue weighted by Crippen LogP contribution is -2.55. The molecule has 1 unspecified atom stereocenters. The first-order valence-corrected chi connectivity index (χ1v) is 22.2. The van der Waals surface area contributed by atoms with Crippen LogP contribution in [0.2, 0.25) is 0 Å². The third-order valence-electron chi connectivity index (χ3n) is 11.1. The minimum absolute atomic E-state index is 0.0364. The van der Waals surface area contributed by atoms with Gasteiger partial charge in [-0.25, -0.2) is 9.59 Å². The van der Waals surface area contributed by atoms with Crippen LogP contribution >= 0.6 is 0 Å². The SMILES string of the molecule is CC[C@H](C)[C@H](NC(=O)[C@@H](CCNC(=O)OCc1ccccc1)CC(=O)[C@H](CC(C)C)NC(=O)C(N)[C@H](O)C(C)C)C(=O)C[C@H](C(=O)NCC(=O)C[C@@H](CO)C(=O)N[C@@H](CO)C(=O)O)[C@H](C)O. The molecule has 12 N–H and O–H groups in total. The molecule has 21 heteroatoms. The molecule has 1 aromatic rings. The van der Waals surface area contributed by atoms with Crippen molar-refractivity contribution in [3.05, 3.63) is 35.9 Å². The first-order chi connectivity index (χ1) is 31.0. The van der Waals surface area contributed by atoms with Gasteiger partial charge in [-0.1, -0.05) is 78.3 Å². The number of ether oxygens (including phenoxy) is 1. The fourth-order valence-corrected chi connectivity index (χ4v) is 6.67. The molecule has 0 spiro atoms. The van der Waals surface area contributed by atoms with Gasteiger partial charge in [-0.15, -0.1) is 0 Å². The van der Waals surface area contributed by atoms with Crippen LogP contribution < -0.4 is 32.3 Å². The van der Waals surface area contributed by atoms with Crippen molar-refractivity contribution in [2.24, 2.45) is 41.2 Å². The second-order valence-corrected chi connectivity index (χ2v) is 17.4. The van der Waals surface area contributed by atoms with Gasteiger partial charge in [0.1, 0.15) is 18.7 Å². The van der Waals surface area contributed by atoms with Gasteiger partial charge in [0.05, 0.1) is 55.9 Å². The second kappa shape index (κ2) is 30.0. The van der Waals surface area contributed by atoms with Crippen LogP contribution in [0.1, 0.15) is 92.6 Å². The lowest BCUT2D eigenvalue weighted by Gasteiger charge is -2.29. The summed E-state index contributed by atoms with van der Waals surface area (Å²) in [6, 6.07) is 3.47. The molecule has 0 radical (unpaired) electrons. The minimum atomic E-state index is -1.68. The summed E-state index contributed by atoms with van der Waals surface area (Å²) in [7, 11) is 0. The maximum absolute atomic E-state index is 14.2. The lowest BCUT2D eigenvalue weighted by molar-refractivity contribution is -0.144. The summed E-state index contributed by atoms with van der Waals surface area (Å²) in [5.41, 5.74) is 6.74. The van der Waals surface area contributed by atoms with Gasteiger partial charge in [-0.05, 0) is 43.1 Å². The Labute approximate surface area is 385 Å². The number of hydrogen-bond acceptors (Lipinski definition) is 15. The molecule has 1 rings (SSSR count). The third-order valence-corrected chi connectivity index (χ3v) is 11.1. The van der Waals surface area contributed by atoms with Gasteiger partial charge >= 0.3 is 12.1 Å². The Morgan fingerprint density at radius 1 is 0.712 bits per heavy atom. The van der Waals surface area contributed by atoms with Gasteiger partial charge in [0, 0.05) is 31.7 Å². The zero-order chi connectivity index (χ0) is 50.3. The number of carbonyl (C=O) groups excluding carboxylic acids is 8. The molecule has 5 amide bonds. The van der Waals surface area contributed by atoms with Crippen LogP contribution in [0.15, 0.2) is 30.3 Å². The summed E-state index contributed by atoms with van der Waals surface area (Å²) >= 11 is 0. The first kappa shape index (κ1) is 58.7. The Kier molecular flexibility index (Phi) is 26.7. The Balaban J connectivity index is 3.29. The molecule has 372 valence electrons. The van der Waals surface area contributed by atoms with Crippen LogP contribution in [0.4, 0.5) is 4.79 Å². The fourth-order valence-electron chi connectivity index (χ4n) is 6.67. The van der Waals surface area contributed by atoms with E-state index in [0.29, 0.717) is 6.42 Å². The van der Waals surface area contributed by atoms with Crippen molar-refractivity contribution in [2.75, 3.05) is 26.3 Å². The van der Waals surface area contributed by atoms with E-state index in [-0.39, 0.29) is 37.8 Å². The zero-order valence-electron chi connectivity index (χ0n) is 39.0. The number of aliphatic hydroxyl groups excluding tert-OH is 4. The topological polar surface area (TPSA) is 350 Å². The highest BCUT2D eigenvalue weighted by Crippen LogP contribution is 2.21. The molecule has 66 heavy (non-hydrogen) atoms. The molecular formula is C45H72N6O15. The average molecular weight is 937 g/mol. The number of benzene rings is 1. The molecule has 0 aromatic heterocycles. The highest BCUT2D eigenvalue weighted by molar-refractivity contribution is 5.97. The maximum atomic E-state index is 14.2. The average Bonchev–Trinajstić information content (AvgIpc) is 3.27. The smallest absolute Gasteiger partial charge is 0.407 e. The van der Waals surface area contributed by atoms with Crippen molar-refractivity contribution in [2.45, 2.75) is 130 Å². The van der Waals surface area contributed by atoms with Crippen LogP contribution in [-0.4, -0.2) is 141 Å². The quantitative estimate of drug-likeness (QED) is 0.0433. The summed E-state index contributed by atoms with van der Waals surface area (Å²) < 4.78 is 5.27. The van der Waals surface area contributed by atoms with Gasteiger partial charge in [-0.2, -0.15) is 0 Å². The van der Waals surface area contributed by atoms with Crippen molar-refractivity contribution in [3.8, 4) is 0 Å². The van der Waals surface area contributed by atoms with Crippen molar-refractivity contribution in [1.29, 1.82) is 0 Å². The number of rotatable bonds is 32. The number of carboxylic acid groups (broad SMARTS) is 1. The number of carboxylic acids is 1. The van der Waals surface area contributed by atoms with Gasteiger partial charge in [0.2, 0.25) is 23.6 Å². The number of nitrogens with two attached hydrogens (primary N) is 1. The normalized spacial score (nSPS) is 15.9. The van der Waals surface area contributed by atoms with E-state index in [0.717, 1.165) is 5.56 Å². The summed E-state index contributed by atoms with van der Waals surface area (Å²) in [5.74, 6) is -12.1. The Bertz CT molecular complexity index is 1760. The molecule has 0 saturated heterocycles. The third kappa shape index (κ3) is 20.9. The van der Waals surface area contributed by atoms with Gasteiger partial charge < -0.3 is 62.6 Å². The largest absolute Gasteiger partial charge is 0.480 e. The minimum Gasteiger partial charge on any atom is -0.480 e. The van der Waals surface area contributed by atoms with E-state index in [1.54, 1.807) is 58.0 Å². The predicted octanol–water partition coefficient (Wildman–Crippen LogP) is -0.514. The summed E-state index contributed by atoms with van der Waals surface area (Å²) in [5, 5.41) is 61.1. The molecule has 0 heterocycles. The molecule has 0 saturated carbocycles. The molecule has 0 aliphatic carbocycles. The molecule has 21 nitrogen and oxygen atoms in total. The van der Waals surface area contributed by atoms with Crippen molar-refractivity contribution >= 4 is 53.0 Å². The van der Waals surface area contributed by atoms with Crippen LogP contribution in [0.3, 0.4) is 0 Å². The van der Waals surface area contributed by atoms with Gasteiger partial charge in [0.25, 0.3) is 0 Å². The predicted molar refractivity (Wildman–Crippen MR) is 239 cm³/mol. The van der Waals surface area contributed by atoms with Crippen LogP contribution in [0.25, 0.3) is 0 Å². The van der Waals surface area contributed by atoms with Gasteiger partial charge in [0.15, 0.2) is 17.3 Å². The number of ketones is 3. The number of aliphatic carboxylic acids is 1.